The standard InChI is InChI=1S/C49H52BF3N2O/c1-29-17-31-21-32(18-29)26-47(3,25-31)54-42-23-37(56-49(51,52)53)24-43-44(42)50(40-15-13-35-9-5-7-11-38(35)45(40)54)41-16-14-36-10-6-8-12-39(36)46(41)55(43)48(4)27-33-19-30(2)20-34(22-33)28-48/h5-16,23-24,29-34H,17-22,25-28H2,1-4H3. The van der Waals surface area contributed by atoms with Crippen LogP contribution in [-0.4, -0.2) is 24.2 Å². The van der Waals surface area contributed by atoms with Gasteiger partial charge in [0.15, 0.2) is 0 Å². The molecule has 5 aromatic carbocycles. The normalized spacial score (nSPS) is 31.9. The highest BCUT2D eigenvalue weighted by Crippen LogP contribution is 2.57. The Bertz CT molecular complexity index is 2220. The molecule has 0 N–H and O–H groups in total. The Hall–Kier alpha value is -4.13. The second kappa shape index (κ2) is 12.2. The van der Waals surface area contributed by atoms with Crippen LogP contribution in [0.2, 0.25) is 0 Å². The quantitative estimate of drug-likeness (QED) is 0.171. The van der Waals surface area contributed by atoms with Crippen molar-refractivity contribution in [2.75, 3.05) is 9.80 Å². The van der Waals surface area contributed by atoms with E-state index in [1.54, 1.807) is 12.1 Å². The summed E-state index contributed by atoms with van der Waals surface area (Å²) in [5.74, 6) is 3.67. The molecule has 6 aliphatic rings. The van der Waals surface area contributed by atoms with Gasteiger partial charge in [0, 0.05) is 56.7 Å². The van der Waals surface area contributed by atoms with Crippen molar-refractivity contribution in [2.24, 2.45) is 35.5 Å². The summed E-state index contributed by atoms with van der Waals surface area (Å²) in [6.07, 6.45) is 6.62. The lowest BCUT2D eigenvalue weighted by Gasteiger charge is -2.58. The predicted octanol–water partition coefficient (Wildman–Crippen LogP) is 11.5. The molecule has 4 unspecified atom stereocenters. The van der Waals surface area contributed by atoms with E-state index in [0.29, 0.717) is 35.5 Å². The molecule has 56 heavy (non-hydrogen) atoms. The van der Waals surface area contributed by atoms with Gasteiger partial charge in [-0.3, -0.25) is 0 Å². The minimum atomic E-state index is -4.82. The average molecular weight is 753 g/mol. The first kappa shape index (κ1) is 35.1. The lowest BCUT2D eigenvalue weighted by Crippen LogP contribution is -2.67. The van der Waals surface area contributed by atoms with Gasteiger partial charge in [-0.25, -0.2) is 0 Å². The molecule has 4 atom stereocenters. The minimum absolute atomic E-state index is 0.117. The summed E-state index contributed by atoms with van der Waals surface area (Å²) in [6, 6.07) is 30.0. The highest BCUT2D eigenvalue weighted by Gasteiger charge is 2.54. The van der Waals surface area contributed by atoms with Crippen molar-refractivity contribution in [1.82, 2.24) is 0 Å². The molecule has 0 spiro atoms. The molecule has 4 fully saturated rings. The summed E-state index contributed by atoms with van der Waals surface area (Å²) < 4.78 is 48.8. The van der Waals surface area contributed by atoms with Gasteiger partial charge in [0.1, 0.15) is 5.75 Å². The van der Waals surface area contributed by atoms with Gasteiger partial charge < -0.3 is 14.5 Å². The van der Waals surface area contributed by atoms with Crippen molar-refractivity contribution < 1.29 is 17.9 Å². The number of halogens is 3. The van der Waals surface area contributed by atoms with E-state index in [4.69, 9.17) is 4.74 Å². The Morgan fingerprint density at radius 1 is 0.589 bits per heavy atom. The van der Waals surface area contributed by atoms with E-state index in [1.165, 1.54) is 49.5 Å². The summed E-state index contributed by atoms with van der Waals surface area (Å²) in [7, 11) is 0. The molecule has 0 aromatic heterocycles. The molecule has 288 valence electrons. The van der Waals surface area contributed by atoms with Crippen LogP contribution in [0.3, 0.4) is 0 Å². The number of hydrogen-bond acceptors (Lipinski definition) is 3. The summed E-state index contributed by atoms with van der Waals surface area (Å²) in [5, 5.41) is 4.64. The van der Waals surface area contributed by atoms with Crippen LogP contribution >= 0.6 is 0 Å². The molecule has 4 bridgehead atoms. The fourth-order valence-electron chi connectivity index (χ4n) is 14.3. The Morgan fingerprint density at radius 3 is 1.41 bits per heavy atom. The van der Waals surface area contributed by atoms with E-state index >= 15 is 0 Å². The lowest BCUT2D eigenvalue weighted by molar-refractivity contribution is -0.274. The van der Waals surface area contributed by atoms with Crippen LogP contribution in [-0.2, 0) is 0 Å². The van der Waals surface area contributed by atoms with Crippen molar-refractivity contribution in [3.8, 4) is 5.75 Å². The van der Waals surface area contributed by atoms with Crippen molar-refractivity contribution in [3.63, 3.8) is 0 Å². The second-order valence-electron chi connectivity index (χ2n) is 19.9. The molecular formula is C49H52BF3N2O. The number of benzene rings is 5. The molecule has 2 aliphatic heterocycles. The third kappa shape index (κ3) is 5.38. The number of rotatable bonds is 3. The first-order chi connectivity index (χ1) is 26.8. The molecule has 2 heterocycles. The zero-order valence-corrected chi connectivity index (χ0v) is 33.1. The molecule has 11 rings (SSSR count). The maximum Gasteiger partial charge on any atom is 0.573 e. The minimum Gasteiger partial charge on any atom is -0.406 e. The molecule has 0 radical (unpaired) electrons. The smallest absolute Gasteiger partial charge is 0.406 e. The van der Waals surface area contributed by atoms with E-state index in [9.17, 15) is 13.2 Å². The maximum atomic E-state index is 14.6. The largest absolute Gasteiger partial charge is 0.573 e. The van der Waals surface area contributed by atoms with Crippen molar-refractivity contribution in [2.45, 2.75) is 109 Å². The Morgan fingerprint density at radius 2 is 1.00 bits per heavy atom. The van der Waals surface area contributed by atoms with Crippen LogP contribution in [0.4, 0.5) is 35.9 Å². The first-order valence-corrected chi connectivity index (χ1v) is 21.4. The second-order valence-corrected chi connectivity index (χ2v) is 19.9. The summed E-state index contributed by atoms with van der Waals surface area (Å²) >= 11 is 0. The van der Waals surface area contributed by atoms with Crippen LogP contribution in [0.25, 0.3) is 21.5 Å². The number of ether oxygens (including phenoxy) is 1. The van der Waals surface area contributed by atoms with Gasteiger partial charge in [0.05, 0.1) is 0 Å². The van der Waals surface area contributed by atoms with Gasteiger partial charge in [-0.15, -0.1) is 13.2 Å². The third-order valence-corrected chi connectivity index (χ3v) is 15.3. The van der Waals surface area contributed by atoms with Crippen LogP contribution < -0.4 is 30.9 Å². The molecule has 4 aliphatic carbocycles. The molecular weight excluding hydrogens is 700 g/mol. The monoisotopic (exact) mass is 752 g/mol. The van der Waals surface area contributed by atoms with Crippen molar-refractivity contribution in [1.29, 1.82) is 0 Å². The number of hydrogen-bond donors (Lipinski definition) is 0. The first-order valence-electron chi connectivity index (χ1n) is 21.4. The van der Waals surface area contributed by atoms with Crippen molar-refractivity contribution >= 4 is 67.4 Å². The Kier molecular flexibility index (Phi) is 7.64. The fourth-order valence-corrected chi connectivity index (χ4v) is 14.3. The van der Waals surface area contributed by atoms with Crippen LogP contribution in [0.15, 0.2) is 84.9 Å². The summed E-state index contributed by atoms with van der Waals surface area (Å²) in [5.41, 5.74) is 7.16. The Balaban J connectivity index is 1.24. The summed E-state index contributed by atoms with van der Waals surface area (Å²) in [6.45, 7) is 9.50. The molecule has 5 aromatic rings. The van der Waals surface area contributed by atoms with E-state index in [1.807, 2.05) is 0 Å². The van der Waals surface area contributed by atoms with Gasteiger partial charge in [-0.1, -0.05) is 86.6 Å². The average Bonchev–Trinajstić information content (AvgIpc) is 3.12. The molecule has 0 amide bonds. The van der Waals surface area contributed by atoms with Gasteiger partial charge in [-0.2, -0.15) is 0 Å². The Labute approximate surface area is 329 Å². The third-order valence-electron chi connectivity index (χ3n) is 15.3. The predicted molar refractivity (Wildman–Crippen MR) is 225 cm³/mol. The van der Waals surface area contributed by atoms with E-state index in [2.05, 4.69) is 110 Å². The SMILES string of the molecule is CC1CC2CC(C1)CC(C)(N1c3cc(OC(F)(F)F)cc4c3B(c3ccc5ccccc5c31)c1ccc3ccccc3c1N4C1(C)CC3CC(C)CC(C3)C1)C2. The number of anilines is 4. The van der Waals surface area contributed by atoms with Crippen LogP contribution in [0, 0.1) is 35.5 Å². The van der Waals surface area contributed by atoms with E-state index in [-0.39, 0.29) is 23.5 Å². The number of alkyl halides is 3. The molecule has 4 saturated carbocycles. The number of nitrogens with zero attached hydrogens (tertiary/aromatic N) is 2. The van der Waals surface area contributed by atoms with Gasteiger partial charge in [0.2, 0.25) is 0 Å². The van der Waals surface area contributed by atoms with Crippen molar-refractivity contribution in [3.05, 3.63) is 84.9 Å². The van der Waals surface area contributed by atoms with Gasteiger partial charge >= 0.3 is 6.36 Å². The number of fused-ring (bicyclic) bond motifs is 12. The van der Waals surface area contributed by atoms with Gasteiger partial charge in [0.25, 0.3) is 6.71 Å². The topological polar surface area (TPSA) is 15.7 Å². The van der Waals surface area contributed by atoms with Gasteiger partial charge in [-0.05, 0) is 141 Å². The molecule has 0 saturated heterocycles. The fraction of sp³-hybridized carbons (Fsp3) is 0.469. The zero-order valence-electron chi connectivity index (χ0n) is 33.1. The van der Waals surface area contributed by atoms with E-state index in [0.717, 1.165) is 75.4 Å². The van der Waals surface area contributed by atoms with Crippen LogP contribution in [0.1, 0.15) is 91.9 Å². The van der Waals surface area contributed by atoms with E-state index < -0.39 is 6.36 Å². The highest BCUT2D eigenvalue weighted by molar-refractivity contribution is 7.00. The van der Waals surface area contributed by atoms with Crippen LogP contribution in [0.5, 0.6) is 5.75 Å². The summed E-state index contributed by atoms with van der Waals surface area (Å²) in [4.78, 5) is 5.12. The molecule has 3 nitrogen and oxygen atoms in total. The zero-order chi connectivity index (χ0) is 38.3. The molecule has 7 heteroatoms. The lowest BCUT2D eigenvalue weighted by atomic mass is 9.33. The highest BCUT2D eigenvalue weighted by atomic mass is 19.4. The maximum absolute atomic E-state index is 14.6.